The van der Waals surface area contributed by atoms with Gasteiger partial charge in [0.25, 0.3) is 5.69 Å². The van der Waals surface area contributed by atoms with Crippen LogP contribution in [0.4, 0.5) is 24.5 Å². The molecule has 110 valence electrons. The normalized spacial score (nSPS) is 11.0. The molecule has 1 aromatic rings. The highest BCUT2D eigenvalue weighted by molar-refractivity contribution is 5.75. The van der Waals surface area contributed by atoms with Gasteiger partial charge in [0.1, 0.15) is 12.1 Å². The molecule has 0 atom stereocenters. The molecule has 0 amide bonds. The van der Waals surface area contributed by atoms with Gasteiger partial charge in [-0.05, 0) is 19.1 Å². The van der Waals surface area contributed by atoms with Crippen LogP contribution in [0.1, 0.15) is 12.5 Å². The van der Waals surface area contributed by atoms with Crippen molar-refractivity contribution in [3.63, 3.8) is 0 Å². The first-order chi connectivity index (χ1) is 9.25. The molecule has 1 rings (SSSR count). The number of esters is 1. The molecule has 0 spiro atoms. The number of hydrogen-bond donors (Lipinski definition) is 1. The second-order valence-electron chi connectivity index (χ2n) is 3.65. The van der Waals surface area contributed by atoms with Gasteiger partial charge >= 0.3 is 12.1 Å². The van der Waals surface area contributed by atoms with Crippen molar-refractivity contribution in [3.05, 3.63) is 33.9 Å². The Labute approximate surface area is 111 Å². The van der Waals surface area contributed by atoms with Gasteiger partial charge in [-0.1, -0.05) is 0 Å². The second kappa shape index (κ2) is 6.22. The first kappa shape index (κ1) is 15.7. The summed E-state index contributed by atoms with van der Waals surface area (Å²) in [6, 6.07) is 2.40. The lowest BCUT2D eigenvalue weighted by Crippen LogP contribution is -2.17. The molecule has 0 bridgehead atoms. The van der Waals surface area contributed by atoms with Gasteiger partial charge in [0.05, 0.1) is 11.5 Å². The standard InChI is InChI=1S/C11H11F3N2O4/c1-2-20-10(17)6-15-7-3-4-9(16(18)19)8(5-7)11(12,13)14/h3-5,15H,2,6H2,1H3. The zero-order valence-corrected chi connectivity index (χ0v) is 10.4. The highest BCUT2D eigenvalue weighted by Crippen LogP contribution is 2.37. The fraction of sp³-hybridized carbons (Fsp3) is 0.364. The van der Waals surface area contributed by atoms with Crippen molar-refractivity contribution in [2.45, 2.75) is 13.1 Å². The number of hydrogen-bond acceptors (Lipinski definition) is 5. The van der Waals surface area contributed by atoms with Gasteiger partial charge < -0.3 is 10.1 Å². The molecule has 0 aromatic heterocycles. The van der Waals surface area contributed by atoms with Crippen molar-refractivity contribution in [3.8, 4) is 0 Å². The lowest BCUT2D eigenvalue weighted by molar-refractivity contribution is -0.388. The van der Waals surface area contributed by atoms with E-state index in [2.05, 4.69) is 10.1 Å². The third kappa shape index (κ3) is 4.11. The highest BCUT2D eigenvalue weighted by atomic mass is 19.4. The number of nitrogens with one attached hydrogen (secondary N) is 1. The molecule has 0 unspecified atom stereocenters. The predicted octanol–water partition coefficient (Wildman–Crippen LogP) is 2.59. The summed E-state index contributed by atoms with van der Waals surface area (Å²) >= 11 is 0. The van der Waals surface area contributed by atoms with Gasteiger partial charge in [-0.15, -0.1) is 0 Å². The first-order valence-corrected chi connectivity index (χ1v) is 5.50. The van der Waals surface area contributed by atoms with Crippen LogP contribution in [-0.2, 0) is 15.7 Å². The molecule has 0 saturated heterocycles. The molecule has 6 nitrogen and oxygen atoms in total. The summed E-state index contributed by atoms with van der Waals surface area (Å²) in [5, 5.41) is 13.0. The molecule has 0 aliphatic heterocycles. The first-order valence-electron chi connectivity index (χ1n) is 5.50. The topological polar surface area (TPSA) is 81.5 Å². The Bertz CT molecular complexity index is 517. The number of carbonyl (C=O) groups is 1. The van der Waals surface area contributed by atoms with Crippen LogP contribution < -0.4 is 5.32 Å². The minimum atomic E-state index is -4.86. The SMILES string of the molecule is CCOC(=O)CNc1ccc([N+](=O)[O-])c(C(F)(F)F)c1. The van der Waals surface area contributed by atoms with E-state index in [4.69, 9.17) is 0 Å². The van der Waals surface area contributed by atoms with Crippen LogP contribution in [0.25, 0.3) is 0 Å². The Hall–Kier alpha value is -2.32. The van der Waals surface area contributed by atoms with Gasteiger partial charge in [-0.2, -0.15) is 13.2 Å². The third-order valence-corrected chi connectivity index (χ3v) is 2.24. The number of halogens is 3. The fourth-order valence-electron chi connectivity index (χ4n) is 1.42. The quantitative estimate of drug-likeness (QED) is 0.512. The summed E-state index contributed by atoms with van der Waals surface area (Å²) in [6.07, 6.45) is -4.86. The lowest BCUT2D eigenvalue weighted by atomic mass is 10.1. The molecule has 20 heavy (non-hydrogen) atoms. The zero-order chi connectivity index (χ0) is 15.3. The molecular formula is C11H11F3N2O4. The predicted molar refractivity (Wildman–Crippen MR) is 63.2 cm³/mol. The van der Waals surface area contributed by atoms with Gasteiger partial charge in [0.15, 0.2) is 0 Å². The second-order valence-corrected chi connectivity index (χ2v) is 3.65. The summed E-state index contributed by atoms with van der Waals surface area (Å²) in [5.74, 6) is -0.639. The zero-order valence-electron chi connectivity index (χ0n) is 10.4. The molecule has 0 saturated carbocycles. The van der Waals surface area contributed by atoms with Crippen LogP contribution in [-0.4, -0.2) is 24.0 Å². The molecule has 0 aliphatic rings. The summed E-state index contributed by atoms with van der Waals surface area (Å²) in [6.45, 7) is 1.41. The highest BCUT2D eigenvalue weighted by Gasteiger charge is 2.38. The van der Waals surface area contributed by atoms with Crippen LogP contribution in [0.3, 0.4) is 0 Å². The van der Waals surface area contributed by atoms with E-state index in [1.54, 1.807) is 6.92 Å². The van der Waals surface area contributed by atoms with Gasteiger partial charge in [-0.25, -0.2) is 0 Å². The largest absolute Gasteiger partial charge is 0.465 e. The Morgan fingerprint density at radius 2 is 2.10 bits per heavy atom. The average molecular weight is 292 g/mol. The molecule has 0 heterocycles. The van der Waals surface area contributed by atoms with Crippen LogP contribution >= 0.6 is 0 Å². The number of carbonyl (C=O) groups excluding carboxylic acids is 1. The van der Waals surface area contributed by atoms with Crippen LogP contribution in [0.2, 0.25) is 0 Å². The molecule has 1 aromatic carbocycles. The fourth-order valence-corrected chi connectivity index (χ4v) is 1.42. The third-order valence-electron chi connectivity index (χ3n) is 2.24. The summed E-state index contributed by atoms with van der Waals surface area (Å²) in [4.78, 5) is 20.5. The number of nitrogens with zero attached hydrogens (tertiary/aromatic N) is 1. The van der Waals surface area contributed by atoms with Crippen molar-refractivity contribution in [1.82, 2.24) is 0 Å². The minimum absolute atomic E-state index is 0.0593. The number of rotatable bonds is 5. The molecule has 0 aliphatic carbocycles. The summed E-state index contributed by atoms with van der Waals surface area (Å²) in [5.41, 5.74) is -2.48. The molecular weight excluding hydrogens is 281 g/mol. The van der Waals surface area contributed by atoms with Crippen molar-refractivity contribution < 1.29 is 27.6 Å². The van der Waals surface area contributed by atoms with E-state index in [0.29, 0.717) is 6.07 Å². The van der Waals surface area contributed by atoms with E-state index in [9.17, 15) is 28.1 Å². The summed E-state index contributed by atoms with van der Waals surface area (Å²) < 4.78 is 42.6. The Kier molecular flexibility index (Phi) is 4.89. The van der Waals surface area contributed by atoms with E-state index < -0.39 is 28.3 Å². The van der Waals surface area contributed by atoms with E-state index in [1.165, 1.54) is 0 Å². The van der Waals surface area contributed by atoms with Crippen LogP contribution in [0.15, 0.2) is 18.2 Å². The monoisotopic (exact) mass is 292 g/mol. The van der Waals surface area contributed by atoms with Crippen molar-refractivity contribution in [1.29, 1.82) is 0 Å². The number of alkyl halides is 3. The van der Waals surface area contributed by atoms with Crippen LogP contribution in [0, 0.1) is 10.1 Å². The minimum Gasteiger partial charge on any atom is -0.465 e. The smallest absolute Gasteiger partial charge is 0.423 e. The average Bonchev–Trinajstić information content (AvgIpc) is 2.35. The van der Waals surface area contributed by atoms with E-state index in [0.717, 1.165) is 12.1 Å². The maximum atomic E-state index is 12.7. The van der Waals surface area contributed by atoms with Crippen molar-refractivity contribution >= 4 is 17.3 Å². The van der Waals surface area contributed by atoms with Crippen molar-refractivity contribution in [2.75, 3.05) is 18.5 Å². The lowest BCUT2D eigenvalue weighted by Gasteiger charge is -2.10. The molecule has 9 heteroatoms. The Morgan fingerprint density at radius 1 is 1.45 bits per heavy atom. The number of nitro benzene ring substituents is 1. The molecule has 0 fully saturated rings. The number of benzene rings is 1. The number of ether oxygens (including phenoxy) is 1. The van der Waals surface area contributed by atoms with E-state index in [-0.39, 0.29) is 18.8 Å². The van der Waals surface area contributed by atoms with Crippen LogP contribution in [0.5, 0.6) is 0 Å². The van der Waals surface area contributed by atoms with E-state index >= 15 is 0 Å². The van der Waals surface area contributed by atoms with E-state index in [1.807, 2.05) is 0 Å². The van der Waals surface area contributed by atoms with Gasteiger partial charge in [0, 0.05) is 11.8 Å². The molecule has 1 N–H and O–H groups in total. The maximum absolute atomic E-state index is 12.7. The Morgan fingerprint density at radius 3 is 2.60 bits per heavy atom. The molecule has 0 radical (unpaired) electrons. The Balaban J connectivity index is 2.96. The summed E-state index contributed by atoms with van der Waals surface area (Å²) in [7, 11) is 0. The number of anilines is 1. The van der Waals surface area contributed by atoms with Crippen molar-refractivity contribution in [2.24, 2.45) is 0 Å². The number of nitro groups is 1. The van der Waals surface area contributed by atoms with Gasteiger partial charge in [0.2, 0.25) is 0 Å². The van der Waals surface area contributed by atoms with Gasteiger partial charge in [-0.3, -0.25) is 14.9 Å². The maximum Gasteiger partial charge on any atom is 0.423 e.